The number of aryl methyl sites for hydroxylation is 1. The Bertz CT molecular complexity index is 579. The van der Waals surface area contributed by atoms with E-state index >= 15 is 0 Å². The van der Waals surface area contributed by atoms with Gasteiger partial charge in [0.2, 0.25) is 0 Å². The summed E-state index contributed by atoms with van der Waals surface area (Å²) in [5.74, 6) is 0. The highest BCUT2D eigenvalue weighted by Crippen LogP contribution is 2.26. The monoisotopic (exact) mass is 289 g/mol. The van der Waals surface area contributed by atoms with E-state index in [0.29, 0.717) is 5.15 Å². The van der Waals surface area contributed by atoms with Crippen molar-refractivity contribution in [1.29, 1.82) is 0 Å². The molecule has 0 amide bonds. The number of hydrogen-bond acceptors (Lipinski definition) is 3. The molecule has 0 fully saturated rings. The fourth-order valence-electron chi connectivity index (χ4n) is 2.03. The average Bonchev–Trinajstić information content (AvgIpc) is 2.43. The largest absolute Gasteiger partial charge is 0.378 e. The number of hydrogen-bond donors (Lipinski definition) is 1. The van der Waals surface area contributed by atoms with Crippen LogP contribution >= 0.6 is 11.6 Å². The summed E-state index contributed by atoms with van der Waals surface area (Å²) >= 11 is 6.11. The molecule has 1 atom stereocenters. The maximum Gasteiger partial charge on any atom is 0.152 e. The molecule has 2 aromatic rings. The molecule has 1 unspecified atom stereocenters. The lowest BCUT2D eigenvalue weighted by Crippen LogP contribution is -2.10. The Morgan fingerprint density at radius 2 is 1.85 bits per heavy atom. The van der Waals surface area contributed by atoms with Crippen LogP contribution in [0.5, 0.6) is 0 Å². The van der Waals surface area contributed by atoms with Crippen molar-refractivity contribution in [2.75, 3.05) is 24.3 Å². The van der Waals surface area contributed by atoms with Gasteiger partial charge >= 0.3 is 0 Å². The Morgan fingerprint density at radius 1 is 1.20 bits per heavy atom. The minimum atomic E-state index is 0.173. The Labute approximate surface area is 125 Å². The molecule has 0 saturated carbocycles. The van der Waals surface area contributed by atoms with Crippen molar-refractivity contribution in [3.8, 4) is 0 Å². The Balaban J connectivity index is 2.15. The van der Waals surface area contributed by atoms with E-state index in [2.05, 4.69) is 46.4 Å². The fourth-order valence-corrected chi connectivity index (χ4v) is 2.19. The number of nitrogens with zero attached hydrogens (tertiary/aromatic N) is 2. The van der Waals surface area contributed by atoms with E-state index < -0.39 is 0 Å². The average molecular weight is 290 g/mol. The normalized spacial score (nSPS) is 12.1. The Hall–Kier alpha value is -1.74. The molecule has 1 N–H and O–H groups in total. The Kier molecular flexibility index (Phi) is 4.50. The molecule has 4 heteroatoms. The highest BCUT2D eigenvalue weighted by Gasteiger charge is 2.09. The zero-order valence-electron chi connectivity index (χ0n) is 12.3. The third-order valence-electron chi connectivity index (χ3n) is 3.26. The molecule has 0 saturated heterocycles. The van der Waals surface area contributed by atoms with Gasteiger partial charge in [-0.2, -0.15) is 0 Å². The van der Waals surface area contributed by atoms with Crippen molar-refractivity contribution in [3.05, 3.63) is 52.8 Å². The SMILES string of the molecule is Cc1cnc(Cl)c(NC(C)c2ccc(N(C)C)cc2)c1. The van der Waals surface area contributed by atoms with Crippen LogP contribution in [0, 0.1) is 6.92 Å². The lowest BCUT2D eigenvalue weighted by molar-refractivity contribution is 0.882. The van der Waals surface area contributed by atoms with Gasteiger partial charge in [-0.1, -0.05) is 23.7 Å². The molecular weight excluding hydrogens is 270 g/mol. The highest BCUT2D eigenvalue weighted by molar-refractivity contribution is 6.31. The molecule has 106 valence electrons. The number of pyridine rings is 1. The first kappa shape index (κ1) is 14.7. The van der Waals surface area contributed by atoms with Crippen molar-refractivity contribution >= 4 is 23.0 Å². The summed E-state index contributed by atoms with van der Waals surface area (Å²) in [6.45, 7) is 4.12. The molecule has 0 bridgehead atoms. The van der Waals surface area contributed by atoms with Gasteiger partial charge in [0.15, 0.2) is 5.15 Å². The summed E-state index contributed by atoms with van der Waals surface area (Å²) in [5.41, 5.74) is 4.37. The van der Waals surface area contributed by atoms with Crippen LogP contribution in [-0.4, -0.2) is 19.1 Å². The van der Waals surface area contributed by atoms with E-state index in [4.69, 9.17) is 11.6 Å². The first-order chi connectivity index (χ1) is 9.47. The van der Waals surface area contributed by atoms with E-state index in [1.165, 1.54) is 11.3 Å². The number of aromatic nitrogens is 1. The van der Waals surface area contributed by atoms with Crippen molar-refractivity contribution in [2.45, 2.75) is 19.9 Å². The molecule has 0 radical (unpaired) electrons. The summed E-state index contributed by atoms with van der Waals surface area (Å²) < 4.78 is 0. The summed E-state index contributed by atoms with van der Waals surface area (Å²) in [7, 11) is 4.07. The van der Waals surface area contributed by atoms with Gasteiger partial charge in [-0.15, -0.1) is 0 Å². The maximum atomic E-state index is 6.11. The minimum absolute atomic E-state index is 0.173. The smallest absolute Gasteiger partial charge is 0.152 e. The van der Waals surface area contributed by atoms with Crippen LogP contribution in [0.1, 0.15) is 24.1 Å². The molecule has 0 aliphatic carbocycles. The van der Waals surface area contributed by atoms with Gasteiger partial charge in [-0.3, -0.25) is 0 Å². The molecule has 1 aromatic carbocycles. The van der Waals surface area contributed by atoms with Crippen molar-refractivity contribution in [2.24, 2.45) is 0 Å². The van der Waals surface area contributed by atoms with Gasteiger partial charge in [-0.25, -0.2) is 4.98 Å². The van der Waals surface area contributed by atoms with Gasteiger partial charge in [0.1, 0.15) is 0 Å². The molecule has 1 aromatic heterocycles. The van der Waals surface area contributed by atoms with E-state index in [1.54, 1.807) is 6.20 Å². The second-order valence-corrected chi connectivity index (χ2v) is 5.56. The Morgan fingerprint density at radius 3 is 2.45 bits per heavy atom. The number of halogens is 1. The van der Waals surface area contributed by atoms with Crippen molar-refractivity contribution in [1.82, 2.24) is 4.98 Å². The van der Waals surface area contributed by atoms with Crippen LogP contribution in [0.25, 0.3) is 0 Å². The zero-order valence-corrected chi connectivity index (χ0v) is 13.1. The van der Waals surface area contributed by atoms with E-state index in [9.17, 15) is 0 Å². The van der Waals surface area contributed by atoms with Gasteiger partial charge in [0.25, 0.3) is 0 Å². The molecule has 0 spiro atoms. The van der Waals surface area contributed by atoms with Gasteiger partial charge in [0.05, 0.1) is 5.69 Å². The van der Waals surface area contributed by atoms with Crippen LogP contribution in [0.4, 0.5) is 11.4 Å². The lowest BCUT2D eigenvalue weighted by Gasteiger charge is -2.18. The molecule has 0 aliphatic rings. The number of anilines is 2. The fraction of sp³-hybridized carbons (Fsp3) is 0.312. The summed E-state index contributed by atoms with van der Waals surface area (Å²) in [6.07, 6.45) is 1.77. The van der Waals surface area contributed by atoms with Crippen LogP contribution in [0.3, 0.4) is 0 Å². The van der Waals surface area contributed by atoms with Gasteiger partial charge in [0, 0.05) is 32.0 Å². The van der Waals surface area contributed by atoms with Crippen LogP contribution in [0.15, 0.2) is 36.5 Å². The van der Waals surface area contributed by atoms with Crippen molar-refractivity contribution in [3.63, 3.8) is 0 Å². The molecular formula is C16H20ClN3. The molecule has 3 nitrogen and oxygen atoms in total. The molecule has 20 heavy (non-hydrogen) atoms. The third kappa shape index (κ3) is 3.42. The predicted molar refractivity (Wildman–Crippen MR) is 86.8 cm³/mol. The number of nitrogens with one attached hydrogen (secondary N) is 1. The van der Waals surface area contributed by atoms with Crippen LogP contribution < -0.4 is 10.2 Å². The molecule has 2 rings (SSSR count). The topological polar surface area (TPSA) is 28.2 Å². The van der Waals surface area contributed by atoms with Crippen molar-refractivity contribution < 1.29 is 0 Å². The lowest BCUT2D eigenvalue weighted by atomic mass is 10.1. The van der Waals surface area contributed by atoms with Crippen LogP contribution in [0.2, 0.25) is 5.15 Å². The van der Waals surface area contributed by atoms with E-state index in [-0.39, 0.29) is 6.04 Å². The van der Waals surface area contributed by atoms with E-state index in [1.807, 2.05) is 27.1 Å². The summed E-state index contributed by atoms with van der Waals surface area (Å²) in [5, 5.41) is 3.91. The van der Waals surface area contributed by atoms with E-state index in [0.717, 1.165) is 11.3 Å². The number of benzene rings is 1. The quantitative estimate of drug-likeness (QED) is 0.852. The highest BCUT2D eigenvalue weighted by atomic mass is 35.5. The standard InChI is InChI=1S/C16H20ClN3/c1-11-9-15(16(17)18-10-11)19-12(2)13-5-7-14(8-6-13)20(3)4/h5-10,12,19H,1-4H3. The number of rotatable bonds is 4. The zero-order chi connectivity index (χ0) is 14.7. The molecule has 1 heterocycles. The van der Waals surface area contributed by atoms with Crippen LogP contribution in [-0.2, 0) is 0 Å². The first-order valence-electron chi connectivity index (χ1n) is 6.63. The van der Waals surface area contributed by atoms with Gasteiger partial charge in [-0.05, 0) is 43.2 Å². The maximum absolute atomic E-state index is 6.11. The second-order valence-electron chi connectivity index (χ2n) is 5.20. The minimum Gasteiger partial charge on any atom is -0.378 e. The predicted octanol–water partition coefficient (Wildman–Crippen LogP) is 4.28. The first-order valence-corrected chi connectivity index (χ1v) is 7.01. The molecule has 0 aliphatic heterocycles. The van der Waals surface area contributed by atoms with Gasteiger partial charge < -0.3 is 10.2 Å². The third-order valence-corrected chi connectivity index (χ3v) is 3.56. The summed E-state index contributed by atoms with van der Waals surface area (Å²) in [6, 6.07) is 10.7. The second kappa shape index (κ2) is 6.14. The summed E-state index contributed by atoms with van der Waals surface area (Å²) in [4.78, 5) is 6.25.